The SMILES string of the molecule is NC(=O)C1CCN(c2csc3ccc(Br)cc3c2=O)CC1. The number of piperidine rings is 1. The van der Waals surface area contributed by atoms with Gasteiger partial charge in [-0.2, -0.15) is 0 Å². The van der Waals surface area contributed by atoms with Gasteiger partial charge in [0.15, 0.2) is 0 Å². The summed E-state index contributed by atoms with van der Waals surface area (Å²) >= 11 is 4.98. The van der Waals surface area contributed by atoms with Gasteiger partial charge in [-0.05, 0) is 31.0 Å². The first-order valence-corrected chi connectivity index (χ1v) is 8.49. The summed E-state index contributed by atoms with van der Waals surface area (Å²) in [7, 11) is 0. The number of nitrogens with zero attached hydrogens (tertiary/aromatic N) is 1. The average Bonchev–Trinajstić information content (AvgIpc) is 2.48. The third-order valence-corrected chi connectivity index (χ3v) is 5.40. The van der Waals surface area contributed by atoms with Gasteiger partial charge in [-0.1, -0.05) is 15.9 Å². The lowest BCUT2D eigenvalue weighted by Gasteiger charge is -2.31. The first-order chi connectivity index (χ1) is 10.1. The van der Waals surface area contributed by atoms with E-state index >= 15 is 0 Å². The molecule has 1 aliphatic heterocycles. The zero-order valence-electron chi connectivity index (χ0n) is 11.3. The molecule has 0 unspecified atom stereocenters. The van der Waals surface area contributed by atoms with E-state index in [0.29, 0.717) is 13.1 Å². The number of benzene rings is 1. The fourth-order valence-electron chi connectivity index (χ4n) is 2.72. The Morgan fingerprint density at radius 3 is 2.71 bits per heavy atom. The number of nitrogens with two attached hydrogens (primary N) is 1. The van der Waals surface area contributed by atoms with E-state index in [4.69, 9.17) is 5.73 Å². The van der Waals surface area contributed by atoms with Crippen LogP contribution in [0, 0.1) is 5.92 Å². The monoisotopic (exact) mass is 366 g/mol. The molecule has 2 aromatic rings. The standard InChI is InChI=1S/C15H15BrN2O2S/c16-10-1-2-13-11(7-10)14(19)12(8-21-13)18-5-3-9(4-6-18)15(17)20/h1-2,7-9H,3-6H2,(H2,17,20). The predicted octanol–water partition coefficient (Wildman–Crippen LogP) is 2.73. The highest BCUT2D eigenvalue weighted by molar-refractivity contribution is 9.10. The predicted molar refractivity (Wildman–Crippen MR) is 89.9 cm³/mol. The van der Waals surface area contributed by atoms with E-state index in [1.165, 1.54) is 0 Å². The van der Waals surface area contributed by atoms with Crippen LogP contribution in [0.2, 0.25) is 0 Å². The highest BCUT2D eigenvalue weighted by Crippen LogP contribution is 2.27. The number of anilines is 1. The molecule has 0 bridgehead atoms. The summed E-state index contributed by atoms with van der Waals surface area (Å²) in [5, 5.41) is 2.66. The number of fused-ring (bicyclic) bond motifs is 1. The second-order valence-electron chi connectivity index (χ2n) is 5.25. The minimum atomic E-state index is -0.234. The summed E-state index contributed by atoms with van der Waals surface area (Å²) < 4.78 is 1.89. The molecular formula is C15H15BrN2O2S. The number of halogens is 1. The van der Waals surface area contributed by atoms with Crippen LogP contribution in [0.4, 0.5) is 5.69 Å². The third-order valence-electron chi connectivity index (χ3n) is 3.95. The molecule has 1 amide bonds. The van der Waals surface area contributed by atoms with Crippen LogP contribution in [0.5, 0.6) is 0 Å². The molecule has 1 aromatic heterocycles. The molecule has 21 heavy (non-hydrogen) atoms. The number of hydrogen-bond acceptors (Lipinski definition) is 4. The van der Waals surface area contributed by atoms with E-state index in [-0.39, 0.29) is 17.3 Å². The van der Waals surface area contributed by atoms with Crippen LogP contribution < -0.4 is 16.1 Å². The molecule has 1 aliphatic rings. The lowest BCUT2D eigenvalue weighted by Crippen LogP contribution is -2.40. The van der Waals surface area contributed by atoms with Crippen molar-refractivity contribution in [3.63, 3.8) is 0 Å². The topological polar surface area (TPSA) is 63.4 Å². The maximum absolute atomic E-state index is 12.6. The van der Waals surface area contributed by atoms with Crippen LogP contribution in [-0.2, 0) is 4.79 Å². The van der Waals surface area contributed by atoms with Gasteiger partial charge in [0, 0.05) is 38.9 Å². The summed E-state index contributed by atoms with van der Waals surface area (Å²) in [5.41, 5.74) is 6.14. The lowest BCUT2D eigenvalue weighted by atomic mass is 9.96. The maximum Gasteiger partial charge on any atom is 0.220 e. The van der Waals surface area contributed by atoms with Gasteiger partial charge < -0.3 is 10.6 Å². The van der Waals surface area contributed by atoms with E-state index in [1.54, 1.807) is 11.3 Å². The molecule has 0 atom stereocenters. The quantitative estimate of drug-likeness (QED) is 0.888. The van der Waals surface area contributed by atoms with E-state index in [9.17, 15) is 9.59 Å². The van der Waals surface area contributed by atoms with Crippen LogP contribution >= 0.6 is 27.3 Å². The summed E-state index contributed by atoms with van der Waals surface area (Å²) in [4.78, 5) is 25.9. The van der Waals surface area contributed by atoms with Crippen molar-refractivity contribution >= 4 is 48.9 Å². The van der Waals surface area contributed by atoms with Crippen LogP contribution in [0.15, 0.2) is 32.8 Å². The Morgan fingerprint density at radius 2 is 2.05 bits per heavy atom. The Morgan fingerprint density at radius 1 is 1.33 bits per heavy atom. The molecule has 1 saturated heterocycles. The first kappa shape index (κ1) is 14.5. The lowest BCUT2D eigenvalue weighted by molar-refractivity contribution is -0.122. The van der Waals surface area contributed by atoms with Crippen LogP contribution in [-0.4, -0.2) is 19.0 Å². The number of primary amides is 1. The average molecular weight is 367 g/mol. The number of carbonyl (C=O) groups is 1. The fraction of sp³-hybridized carbons (Fsp3) is 0.333. The summed E-state index contributed by atoms with van der Waals surface area (Å²) in [6.45, 7) is 1.41. The number of hydrogen-bond donors (Lipinski definition) is 1. The van der Waals surface area contributed by atoms with E-state index < -0.39 is 0 Å². The van der Waals surface area contributed by atoms with E-state index in [1.807, 2.05) is 23.6 Å². The van der Waals surface area contributed by atoms with Crippen molar-refractivity contribution in [3.05, 3.63) is 38.3 Å². The molecule has 2 heterocycles. The highest BCUT2D eigenvalue weighted by atomic mass is 79.9. The Bertz CT molecular complexity index is 751. The Labute approximate surface area is 134 Å². The van der Waals surface area contributed by atoms with Crippen LogP contribution in [0.25, 0.3) is 10.1 Å². The Balaban J connectivity index is 1.93. The van der Waals surface area contributed by atoms with Crippen molar-refractivity contribution in [2.24, 2.45) is 11.7 Å². The maximum atomic E-state index is 12.6. The Hall–Kier alpha value is -1.40. The smallest absolute Gasteiger partial charge is 0.220 e. The van der Waals surface area contributed by atoms with Gasteiger partial charge in [0.05, 0.1) is 5.69 Å². The van der Waals surface area contributed by atoms with Gasteiger partial charge in [0.25, 0.3) is 0 Å². The van der Waals surface area contributed by atoms with Crippen molar-refractivity contribution in [1.82, 2.24) is 0 Å². The molecule has 1 fully saturated rings. The normalized spacial score (nSPS) is 16.3. The van der Waals surface area contributed by atoms with E-state index in [0.717, 1.165) is 33.1 Å². The third kappa shape index (κ3) is 2.82. The van der Waals surface area contributed by atoms with Crippen molar-refractivity contribution in [1.29, 1.82) is 0 Å². The largest absolute Gasteiger partial charge is 0.369 e. The second kappa shape index (κ2) is 5.77. The molecular weight excluding hydrogens is 352 g/mol. The number of rotatable bonds is 2. The van der Waals surface area contributed by atoms with Gasteiger partial charge in [0.2, 0.25) is 11.3 Å². The molecule has 1 aromatic carbocycles. The van der Waals surface area contributed by atoms with Crippen molar-refractivity contribution in [3.8, 4) is 0 Å². The molecule has 110 valence electrons. The summed E-state index contributed by atoms with van der Waals surface area (Å²) in [6, 6.07) is 5.76. The second-order valence-corrected chi connectivity index (χ2v) is 7.08. The molecule has 3 rings (SSSR count). The van der Waals surface area contributed by atoms with Crippen LogP contribution in [0.3, 0.4) is 0 Å². The molecule has 0 radical (unpaired) electrons. The zero-order valence-corrected chi connectivity index (χ0v) is 13.7. The van der Waals surface area contributed by atoms with E-state index in [2.05, 4.69) is 20.8 Å². The summed E-state index contributed by atoms with van der Waals surface area (Å²) in [6.07, 6.45) is 1.44. The number of amides is 1. The van der Waals surface area contributed by atoms with Crippen LogP contribution in [0.1, 0.15) is 12.8 Å². The fourth-order valence-corrected chi connectivity index (χ4v) is 4.00. The van der Waals surface area contributed by atoms with Gasteiger partial charge in [-0.3, -0.25) is 9.59 Å². The number of carbonyl (C=O) groups excluding carboxylic acids is 1. The van der Waals surface area contributed by atoms with Gasteiger partial charge in [-0.25, -0.2) is 0 Å². The molecule has 6 heteroatoms. The Kier molecular flexibility index (Phi) is 3.99. The molecule has 0 spiro atoms. The minimum Gasteiger partial charge on any atom is -0.369 e. The van der Waals surface area contributed by atoms with Crippen molar-refractivity contribution < 1.29 is 4.79 Å². The van der Waals surface area contributed by atoms with Gasteiger partial charge in [-0.15, -0.1) is 11.3 Å². The summed E-state index contributed by atoms with van der Waals surface area (Å²) in [5.74, 6) is -0.295. The minimum absolute atomic E-state index is 0.0579. The first-order valence-electron chi connectivity index (χ1n) is 6.81. The van der Waals surface area contributed by atoms with Gasteiger partial charge >= 0.3 is 0 Å². The highest BCUT2D eigenvalue weighted by Gasteiger charge is 2.24. The molecule has 0 saturated carbocycles. The molecule has 4 nitrogen and oxygen atoms in total. The van der Waals surface area contributed by atoms with Crippen molar-refractivity contribution in [2.75, 3.05) is 18.0 Å². The molecule has 0 aliphatic carbocycles. The van der Waals surface area contributed by atoms with Crippen molar-refractivity contribution in [2.45, 2.75) is 12.8 Å². The molecule has 2 N–H and O–H groups in total. The zero-order chi connectivity index (χ0) is 15.0. The van der Waals surface area contributed by atoms with Gasteiger partial charge in [0.1, 0.15) is 0 Å².